The number of aliphatic hydroxyl groups is 1. The van der Waals surface area contributed by atoms with Gasteiger partial charge >= 0.3 is 6.18 Å². The number of nitrogens with one attached hydrogen (secondary N) is 3. The van der Waals surface area contributed by atoms with Gasteiger partial charge in [-0.3, -0.25) is 20.2 Å². The number of H-pyrrole nitrogens is 2. The Hall–Kier alpha value is -3.50. The average molecular weight is 429 g/mol. The largest absolute Gasteiger partial charge is 0.418 e. The van der Waals surface area contributed by atoms with Gasteiger partial charge in [0.1, 0.15) is 6.23 Å². The first-order valence-electron chi connectivity index (χ1n) is 9.33. The maximum absolute atomic E-state index is 13.8. The molecule has 0 bridgehead atoms. The summed E-state index contributed by atoms with van der Waals surface area (Å²) < 4.78 is 41.4. The van der Waals surface area contributed by atoms with E-state index >= 15 is 0 Å². The van der Waals surface area contributed by atoms with Crippen LogP contribution in [-0.4, -0.2) is 25.3 Å². The van der Waals surface area contributed by atoms with E-state index in [1.807, 2.05) is 13.0 Å². The molecule has 4 rings (SSSR count). The highest BCUT2D eigenvalue weighted by Gasteiger charge is 2.34. The molecule has 7 nitrogen and oxygen atoms in total. The van der Waals surface area contributed by atoms with Crippen LogP contribution in [0.25, 0.3) is 22.0 Å². The number of fused-ring (bicyclic) bond motifs is 1. The smallest absolute Gasteiger partial charge is 0.373 e. The first-order valence-corrected chi connectivity index (χ1v) is 9.33. The van der Waals surface area contributed by atoms with Gasteiger partial charge in [-0.15, -0.1) is 0 Å². The fourth-order valence-electron chi connectivity index (χ4n) is 3.32. The van der Waals surface area contributed by atoms with Gasteiger partial charge in [0.25, 0.3) is 0 Å². The molecule has 0 radical (unpaired) electrons. The zero-order valence-corrected chi connectivity index (χ0v) is 16.3. The molecule has 1 unspecified atom stereocenters. The molecule has 31 heavy (non-hydrogen) atoms. The Morgan fingerprint density at radius 2 is 2.03 bits per heavy atom. The summed E-state index contributed by atoms with van der Waals surface area (Å²) in [5.41, 5.74) is 0.0670. The Bertz CT molecular complexity index is 1280. The van der Waals surface area contributed by atoms with E-state index in [9.17, 15) is 23.1 Å². The van der Waals surface area contributed by atoms with Gasteiger partial charge in [-0.05, 0) is 36.2 Å². The number of aromatic nitrogens is 4. The predicted octanol–water partition coefficient (Wildman–Crippen LogP) is 3.42. The molecular weight excluding hydrogens is 411 g/mol. The lowest BCUT2D eigenvalue weighted by Gasteiger charge is -2.17. The van der Waals surface area contributed by atoms with Crippen molar-refractivity contribution in [2.24, 2.45) is 0 Å². The number of pyridine rings is 2. The molecule has 0 saturated heterocycles. The maximum atomic E-state index is 13.8. The third kappa shape index (κ3) is 4.21. The molecule has 3 aromatic heterocycles. The minimum absolute atomic E-state index is 0.0763. The molecule has 10 heteroatoms. The zero-order valence-electron chi connectivity index (χ0n) is 16.3. The van der Waals surface area contributed by atoms with Crippen molar-refractivity contribution >= 4 is 10.9 Å². The first-order chi connectivity index (χ1) is 14.7. The number of rotatable bonds is 5. The third-order valence-corrected chi connectivity index (χ3v) is 4.97. The molecule has 0 aliphatic carbocycles. The molecular formula is C21H18F3N5O2. The molecule has 4 N–H and O–H groups in total. The summed E-state index contributed by atoms with van der Waals surface area (Å²) in [6.45, 7) is 2.01. The molecule has 0 aliphatic rings. The highest BCUT2D eigenvalue weighted by molar-refractivity contribution is 5.87. The lowest BCUT2D eigenvalue weighted by Crippen LogP contribution is -2.24. The van der Waals surface area contributed by atoms with Gasteiger partial charge in [0.15, 0.2) is 5.43 Å². The van der Waals surface area contributed by atoms with Gasteiger partial charge < -0.3 is 10.1 Å². The summed E-state index contributed by atoms with van der Waals surface area (Å²) in [7, 11) is 0. The summed E-state index contributed by atoms with van der Waals surface area (Å²) in [4.78, 5) is 19.5. The maximum Gasteiger partial charge on any atom is 0.418 e. The minimum atomic E-state index is -4.72. The van der Waals surface area contributed by atoms with Crippen molar-refractivity contribution in [2.75, 3.05) is 0 Å². The SMILES string of the molecule is Cc1cccnc1CNC(O)c1cc(=O)c2cc(-c3cn[nH]c3)cc(C(F)(F)F)c2[nH]1. The number of hydrogen-bond donors (Lipinski definition) is 4. The summed E-state index contributed by atoms with van der Waals surface area (Å²) >= 11 is 0. The monoisotopic (exact) mass is 429 g/mol. The van der Waals surface area contributed by atoms with Crippen LogP contribution in [0.15, 0.2) is 53.7 Å². The Balaban J connectivity index is 1.76. The molecule has 0 saturated carbocycles. The highest BCUT2D eigenvalue weighted by atomic mass is 19.4. The van der Waals surface area contributed by atoms with E-state index in [-0.39, 0.29) is 23.2 Å². The average Bonchev–Trinajstić information content (AvgIpc) is 3.26. The van der Waals surface area contributed by atoms with E-state index in [1.54, 1.807) is 12.3 Å². The van der Waals surface area contributed by atoms with Crippen LogP contribution < -0.4 is 10.7 Å². The Labute approximate surface area is 174 Å². The summed E-state index contributed by atoms with van der Waals surface area (Å²) in [6, 6.07) is 7.03. The van der Waals surface area contributed by atoms with Crippen molar-refractivity contribution in [1.82, 2.24) is 25.5 Å². The molecule has 4 aromatic rings. The zero-order chi connectivity index (χ0) is 22.2. The molecule has 0 aliphatic heterocycles. The Morgan fingerprint density at radius 3 is 2.71 bits per heavy atom. The number of aryl methyl sites for hydroxylation is 1. The van der Waals surface area contributed by atoms with E-state index in [2.05, 4.69) is 25.5 Å². The fourth-order valence-corrected chi connectivity index (χ4v) is 3.32. The highest BCUT2D eigenvalue weighted by Crippen LogP contribution is 2.36. The van der Waals surface area contributed by atoms with Crippen molar-refractivity contribution in [3.63, 3.8) is 0 Å². The second-order valence-electron chi connectivity index (χ2n) is 7.07. The lowest BCUT2D eigenvalue weighted by molar-refractivity contribution is -0.136. The Kier molecular flexibility index (Phi) is 5.34. The van der Waals surface area contributed by atoms with E-state index in [0.717, 1.165) is 17.7 Å². The van der Waals surface area contributed by atoms with Gasteiger partial charge in [0, 0.05) is 36.0 Å². The van der Waals surface area contributed by atoms with Crippen molar-refractivity contribution in [3.05, 3.63) is 81.7 Å². The van der Waals surface area contributed by atoms with Crippen LogP contribution >= 0.6 is 0 Å². The van der Waals surface area contributed by atoms with Crippen LogP contribution in [0.1, 0.15) is 28.7 Å². The van der Waals surface area contributed by atoms with E-state index in [0.29, 0.717) is 11.3 Å². The van der Waals surface area contributed by atoms with E-state index in [1.165, 1.54) is 18.5 Å². The van der Waals surface area contributed by atoms with Crippen LogP contribution in [0.2, 0.25) is 0 Å². The van der Waals surface area contributed by atoms with Crippen LogP contribution in [0.3, 0.4) is 0 Å². The minimum Gasteiger partial charge on any atom is -0.373 e. The molecule has 160 valence electrons. The normalized spacial score (nSPS) is 12.9. The Morgan fingerprint density at radius 1 is 1.23 bits per heavy atom. The number of halogens is 3. The van der Waals surface area contributed by atoms with Crippen LogP contribution in [-0.2, 0) is 12.7 Å². The van der Waals surface area contributed by atoms with E-state index in [4.69, 9.17) is 0 Å². The standard InChI is InChI=1S/C21H18F3N5O2/c1-11-3-2-4-25-17(11)10-26-20(31)16-7-18(30)14-5-12(13-8-27-28-9-13)6-15(19(14)29-16)21(22,23)24/h2-9,20,26,31H,10H2,1H3,(H,27,28)(H,29,30). The van der Waals surface area contributed by atoms with Crippen molar-refractivity contribution < 1.29 is 18.3 Å². The lowest BCUT2D eigenvalue weighted by atomic mass is 10.0. The third-order valence-electron chi connectivity index (χ3n) is 4.97. The molecule has 1 atom stereocenters. The van der Waals surface area contributed by atoms with Gasteiger partial charge in [-0.25, -0.2) is 0 Å². The topological polar surface area (TPSA) is 107 Å². The first kappa shape index (κ1) is 20.8. The van der Waals surface area contributed by atoms with Crippen LogP contribution in [0, 0.1) is 6.92 Å². The predicted molar refractivity (Wildman–Crippen MR) is 108 cm³/mol. The van der Waals surface area contributed by atoms with Gasteiger partial charge in [0.05, 0.1) is 28.7 Å². The second kappa shape index (κ2) is 7.97. The molecule has 0 amide bonds. The van der Waals surface area contributed by atoms with Crippen LogP contribution in [0.5, 0.6) is 0 Å². The number of nitrogens with zero attached hydrogens (tertiary/aromatic N) is 2. The number of aromatic amines is 2. The molecule has 1 aromatic carbocycles. The second-order valence-corrected chi connectivity index (χ2v) is 7.07. The van der Waals surface area contributed by atoms with Gasteiger partial charge in [-0.2, -0.15) is 18.3 Å². The van der Waals surface area contributed by atoms with Crippen molar-refractivity contribution in [3.8, 4) is 11.1 Å². The summed E-state index contributed by atoms with van der Waals surface area (Å²) in [5, 5.41) is 19.4. The van der Waals surface area contributed by atoms with Crippen molar-refractivity contribution in [2.45, 2.75) is 25.9 Å². The molecule has 0 fully saturated rings. The summed E-state index contributed by atoms with van der Waals surface area (Å²) in [6.07, 6.45) is -1.70. The quantitative estimate of drug-likeness (QED) is 0.364. The number of benzene rings is 1. The molecule has 0 spiro atoms. The van der Waals surface area contributed by atoms with Crippen LogP contribution in [0.4, 0.5) is 13.2 Å². The number of alkyl halides is 3. The summed E-state index contributed by atoms with van der Waals surface area (Å²) in [5.74, 6) is 0. The number of hydrogen-bond acceptors (Lipinski definition) is 5. The molecule has 3 heterocycles. The van der Waals surface area contributed by atoms with E-state index < -0.39 is 28.9 Å². The number of aliphatic hydroxyl groups excluding tert-OH is 1. The van der Waals surface area contributed by atoms with Gasteiger partial charge in [0.2, 0.25) is 0 Å². The fraction of sp³-hybridized carbons (Fsp3) is 0.190. The van der Waals surface area contributed by atoms with Crippen molar-refractivity contribution in [1.29, 1.82) is 0 Å². The van der Waals surface area contributed by atoms with Gasteiger partial charge in [-0.1, -0.05) is 6.07 Å².